The highest BCUT2D eigenvalue weighted by Gasteiger charge is 2.29. The largest absolute Gasteiger partial charge is 0.320 e. The Morgan fingerprint density at radius 3 is 2.52 bits per heavy atom. The van der Waals surface area contributed by atoms with Gasteiger partial charge in [-0.2, -0.15) is 4.31 Å². The van der Waals surface area contributed by atoms with Gasteiger partial charge >= 0.3 is 0 Å². The van der Waals surface area contributed by atoms with Crippen LogP contribution in [0.1, 0.15) is 36.5 Å². The van der Waals surface area contributed by atoms with Gasteiger partial charge in [0.25, 0.3) is 0 Å². The van der Waals surface area contributed by atoms with Crippen molar-refractivity contribution >= 4 is 28.2 Å². The smallest absolute Gasteiger partial charge is 0.243 e. The summed E-state index contributed by atoms with van der Waals surface area (Å²) in [5.74, 6) is 0.463. The number of nitrogens with zero attached hydrogens (tertiary/aromatic N) is 1. The van der Waals surface area contributed by atoms with Crippen LogP contribution >= 0.6 is 12.4 Å². The number of benzene rings is 1. The minimum Gasteiger partial charge on any atom is -0.320 e. The lowest BCUT2D eigenvalue weighted by atomic mass is 9.95. The van der Waals surface area contributed by atoms with Gasteiger partial charge in [-0.05, 0) is 57.8 Å². The first-order valence-electron chi connectivity index (χ1n) is 7.71. The molecule has 0 bridgehead atoms. The summed E-state index contributed by atoms with van der Waals surface area (Å²) in [6.07, 6.45) is 2.88. The lowest BCUT2D eigenvalue weighted by molar-refractivity contribution is 0.101. The molecule has 23 heavy (non-hydrogen) atoms. The molecule has 1 aromatic carbocycles. The lowest BCUT2D eigenvalue weighted by Gasteiger charge is -2.31. The first-order chi connectivity index (χ1) is 10.4. The van der Waals surface area contributed by atoms with E-state index in [1.165, 1.54) is 13.0 Å². The zero-order valence-corrected chi connectivity index (χ0v) is 15.3. The van der Waals surface area contributed by atoms with Crippen LogP contribution in [0.5, 0.6) is 0 Å². The van der Waals surface area contributed by atoms with Crippen LogP contribution in [-0.4, -0.2) is 45.2 Å². The Balaban J connectivity index is 0.00000264. The molecule has 1 aliphatic rings. The van der Waals surface area contributed by atoms with E-state index in [4.69, 9.17) is 0 Å². The second kappa shape index (κ2) is 8.78. The predicted molar refractivity (Wildman–Crippen MR) is 93.7 cm³/mol. The van der Waals surface area contributed by atoms with Crippen LogP contribution in [0.2, 0.25) is 0 Å². The van der Waals surface area contributed by atoms with Crippen molar-refractivity contribution in [2.24, 2.45) is 5.92 Å². The zero-order valence-electron chi connectivity index (χ0n) is 13.6. The van der Waals surface area contributed by atoms with Crippen LogP contribution in [0.15, 0.2) is 29.2 Å². The fourth-order valence-electron chi connectivity index (χ4n) is 2.81. The highest BCUT2D eigenvalue weighted by molar-refractivity contribution is 7.89. The molecule has 130 valence electrons. The van der Waals surface area contributed by atoms with Crippen LogP contribution in [0.3, 0.4) is 0 Å². The number of carbonyl (C=O) groups is 1. The van der Waals surface area contributed by atoms with Gasteiger partial charge < -0.3 is 5.32 Å². The molecular formula is C16H25ClN2O3S. The van der Waals surface area contributed by atoms with Gasteiger partial charge in [0.15, 0.2) is 5.78 Å². The van der Waals surface area contributed by atoms with Gasteiger partial charge in [0, 0.05) is 18.7 Å². The Morgan fingerprint density at radius 2 is 1.96 bits per heavy atom. The number of carbonyl (C=O) groups excluding carboxylic acids is 1. The molecule has 0 unspecified atom stereocenters. The molecule has 1 saturated heterocycles. The van der Waals surface area contributed by atoms with Gasteiger partial charge in [-0.15, -0.1) is 12.4 Å². The SMILES string of the molecule is CNCCC1CCN(S(=O)(=O)c2cccc(C(C)=O)c2)CC1.Cl. The van der Waals surface area contributed by atoms with E-state index in [1.807, 2.05) is 7.05 Å². The molecule has 0 atom stereocenters. The van der Waals surface area contributed by atoms with Crippen molar-refractivity contribution in [3.8, 4) is 0 Å². The summed E-state index contributed by atoms with van der Waals surface area (Å²) >= 11 is 0. The summed E-state index contributed by atoms with van der Waals surface area (Å²) in [5.41, 5.74) is 0.435. The quantitative estimate of drug-likeness (QED) is 0.790. The molecule has 1 N–H and O–H groups in total. The Hall–Kier alpha value is -0.950. The van der Waals surface area contributed by atoms with Gasteiger partial charge in [0.1, 0.15) is 0 Å². The lowest BCUT2D eigenvalue weighted by Crippen LogP contribution is -2.38. The molecular weight excluding hydrogens is 336 g/mol. The number of ketones is 1. The maximum atomic E-state index is 12.7. The second-order valence-electron chi connectivity index (χ2n) is 5.82. The monoisotopic (exact) mass is 360 g/mol. The number of sulfonamides is 1. The van der Waals surface area contributed by atoms with E-state index in [1.54, 1.807) is 22.5 Å². The molecule has 1 fully saturated rings. The second-order valence-corrected chi connectivity index (χ2v) is 7.76. The molecule has 0 aromatic heterocycles. The fraction of sp³-hybridized carbons (Fsp3) is 0.562. The molecule has 1 aliphatic heterocycles. The fourth-order valence-corrected chi connectivity index (χ4v) is 4.33. The molecule has 2 rings (SSSR count). The third kappa shape index (κ3) is 5.01. The van der Waals surface area contributed by atoms with Crippen LogP contribution in [0.4, 0.5) is 0 Å². The van der Waals surface area contributed by atoms with E-state index in [2.05, 4.69) is 5.32 Å². The van der Waals surface area contributed by atoms with Crippen LogP contribution in [0, 0.1) is 5.92 Å². The van der Waals surface area contributed by atoms with E-state index in [9.17, 15) is 13.2 Å². The molecule has 1 heterocycles. The van der Waals surface area contributed by atoms with Crippen molar-refractivity contribution in [2.45, 2.75) is 31.1 Å². The summed E-state index contributed by atoms with van der Waals surface area (Å²) in [4.78, 5) is 11.6. The van der Waals surface area contributed by atoms with E-state index in [0.717, 1.165) is 25.8 Å². The minimum absolute atomic E-state index is 0. The summed E-state index contributed by atoms with van der Waals surface area (Å²) < 4.78 is 26.9. The van der Waals surface area contributed by atoms with Gasteiger partial charge in [-0.25, -0.2) is 8.42 Å². The van der Waals surface area contributed by atoms with E-state index < -0.39 is 10.0 Å². The normalized spacial score (nSPS) is 16.8. The molecule has 7 heteroatoms. The number of hydrogen-bond acceptors (Lipinski definition) is 4. The van der Waals surface area contributed by atoms with E-state index >= 15 is 0 Å². The summed E-state index contributed by atoms with van der Waals surface area (Å²) in [7, 11) is -1.56. The molecule has 0 spiro atoms. The first-order valence-corrected chi connectivity index (χ1v) is 9.15. The first kappa shape index (κ1) is 20.1. The molecule has 1 aromatic rings. The average Bonchev–Trinajstić information content (AvgIpc) is 2.53. The van der Waals surface area contributed by atoms with E-state index in [0.29, 0.717) is 24.6 Å². The Kier molecular flexibility index (Phi) is 7.67. The maximum Gasteiger partial charge on any atom is 0.243 e. The third-order valence-electron chi connectivity index (χ3n) is 4.25. The van der Waals surface area contributed by atoms with Crippen molar-refractivity contribution in [3.63, 3.8) is 0 Å². The molecule has 0 saturated carbocycles. The highest BCUT2D eigenvalue weighted by Crippen LogP contribution is 2.25. The van der Waals surface area contributed by atoms with Crippen LogP contribution in [0.25, 0.3) is 0 Å². The van der Waals surface area contributed by atoms with Crippen molar-refractivity contribution in [3.05, 3.63) is 29.8 Å². The number of rotatable bonds is 6. The topological polar surface area (TPSA) is 66.5 Å². The number of piperidine rings is 1. The Labute approximate surface area is 144 Å². The molecule has 0 aliphatic carbocycles. The van der Waals surface area contributed by atoms with Crippen molar-refractivity contribution < 1.29 is 13.2 Å². The van der Waals surface area contributed by atoms with Crippen LogP contribution in [-0.2, 0) is 10.0 Å². The zero-order chi connectivity index (χ0) is 16.2. The number of halogens is 1. The number of hydrogen-bond donors (Lipinski definition) is 1. The third-order valence-corrected chi connectivity index (χ3v) is 6.15. The number of Topliss-reactive ketones (excluding diaryl/α,β-unsaturated/α-hetero) is 1. The average molecular weight is 361 g/mol. The molecule has 5 nitrogen and oxygen atoms in total. The Bertz CT molecular complexity index is 626. The van der Waals surface area contributed by atoms with Gasteiger partial charge in [-0.3, -0.25) is 4.79 Å². The Morgan fingerprint density at radius 1 is 1.30 bits per heavy atom. The minimum atomic E-state index is -3.50. The van der Waals surface area contributed by atoms with Gasteiger partial charge in [-0.1, -0.05) is 12.1 Å². The van der Waals surface area contributed by atoms with Gasteiger partial charge in [0.05, 0.1) is 4.90 Å². The maximum absolute atomic E-state index is 12.7. The van der Waals surface area contributed by atoms with Crippen molar-refractivity contribution in [1.82, 2.24) is 9.62 Å². The standard InChI is InChI=1S/C16H24N2O3S.ClH/c1-13(19)15-4-3-5-16(12-15)22(20,21)18-10-7-14(8-11-18)6-9-17-2;/h3-5,12,14,17H,6-11H2,1-2H3;1H. The number of nitrogens with one attached hydrogen (secondary N) is 1. The van der Waals surface area contributed by atoms with Crippen molar-refractivity contribution in [2.75, 3.05) is 26.7 Å². The summed E-state index contributed by atoms with van der Waals surface area (Å²) in [6.45, 7) is 3.53. The van der Waals surface area contributed by atoms with E-state index in [-0.39, 0.29) is 23.1 Å². The van der Waals surface area contributed by atoms with Gasteiger partial charge in [0.2, 0.25) is 10.0 Å². The molecule has 0 radical (unpaired) electrons. The summed E-state index contributed by atoms with van der Waals surface area (Å²) in [6, 6.07) is 6.31. The summed E-state index contributed by atoms with van der Waals surface area (Å²) in [5, 5.41) is 3.14. The van der Waals surface area contributed by atoms with Crippen molar-refractivity contribution in [1.29, 1.82) is 0 Å². The van der Waals surface area contributed by atoms with Crippen LogP contribution < -0.4 is 5.32 Å². The molecule has 0 amide bonds. The highest BCUT2D eigenvalue weighted by atomic mass is 35.5. The predicted octanol–water partition coefficient (Wildman–Crippen LogP) is 2.32.